The maximum absolute atomic E-state index is 11.3. The lowest BCUT2D eigenvalue weighted by Gasteiger charge is -2.31. The summed E-state index contributed by atoms with van der Waals surface area (Å²) >= 11 is 0. The fraction of sp³-hybridized carbons (Fsp3) is 1.00. The Balaban J connectivity index is 4.12. The van der Waals surface area contributed by atoms with Crippen molar-refractivity contribution in [2.24, 2.45) is 0 Å². The van der Waals surface area contributed by atoms with Gasteiger partial charge in [0.25, 0.3) is 7.82 Å². The molecule has 2 N–H and O–H groups in total. The van der Waals surface area contributed by atoms with Crippen molar-refractivity contribution in [1.29, 1.82) is 0 Å². The van der Waals surface area contributed by atoms with E-state index in [1.807, 2.05) is 21.1 Å². The van der Waals surface area contributed by atoms with Crippen molar-refractivity contribution in [2.75, 3.05) is 40.9 Å². The average molecular weight is 271 g/mol. The van der Waals surface area contributed by atoms with Crippen LogP contribution in [0.3, 0.4) is 0 Å². The minimum absolute atomic E-state index is 0.498. The van der Waals surface area contributed by atoms with Gasteiger partial charge in [-0.3, -0.25) is 4.57 Å². The summed E-state index contributed by atoms with van der Waals surface area (Å²) in [5.74, 6) is 0. The zero-order valence-corrected chi connectivity index (χ0v) is 11.6. The van der Waals surface area contributed by atoms with Crippen LogP contribution in [-0.2, 0) is 13.6 Å². The molecule has 3 atom stereocenters. The Morgan fingerprint density at radius 3 is 2.35 bits per heavy atom. The molecule has 0 aromatic carbocycles. The van der Waals surface area contributed by atoms with Crippen LogP contribution in [0.4, 0.5) is 0 Å². The monoisotopic (exact) mass is 271 g/mol. The predicted octanol–water partition coefficient (Wildman–Crippen LogP) is -1.06. The van der Waals surface area contributed by atoms with Gasteiger partial charge < -0.3 is 28.6 Å². The number of phosphoric acid groups is 1. The van der Waals surface area contributed by atoms with Crippen molar-refractivity contribution >= 4 is 7.82 Å². The van der Waals surface area contributed by atoms with Gasteiger partial charge in [0.2, 0.25) is 0 Å². The second-order valence-electron chi connectivity index (χ2n) is 4.97. The molecule has 0 saturated carbocycles. The number of aliphatic hydroxyl groups excluding tert-OH is 2. The Kier molecular flexibility index (Phi) is 6.79. The van der Waals surface area contributed by atoms with E-state index in [0.717, 1.165) is 0 Å². The highest BCUT2D eigenvalue weighted by molar-refractivity contribution is 7.45. The van der Waals surface area contributed by atoms with Crippen LogP contribution in [0.1, 0.15) is 6.92 Å². The van der Waals surface area contributed by atoms with E-state index < -0.39 is 33.2 Å². The highest BCUT2D eigenvalue weighted by Gasteiger charge is 2.21. The van der Waals surface area contributed by atoms with E-state index in [2.05, 4.69) is 4.52 Å². The number of hydrogen-bond donors (Lipinski definition) is 2. The number of hydrogen-bond acceptors (Lipinski definition) is 6. The Morgan fingerprint density at radius 2 is 1.94 bits per heavy atom. The van der Waals surface area contributed by atoms with E-state index in [1.165, 1.54) is 0 Å². The third-order valence-electron chi connectivity index (χ3n) is 1.75. The third-order valence-corrected chi connectivity index (χ3v) is 2.83. The fourth-order valence-electron chi connectivity index (χ4n) is 1.29. The second-order valence-corrected chi connectivity index (χ2v) is 6.33. The summed E-state index contributed by atoms with van der Waals surface area (Å²) in [7, 11) is 1.29. The second kappa shape index (κ2) is 6.80. The zero-order chi connectivity index (χ0) is 13.7. The largest absolute Gasteiger partial charge is 0.756 e. The molecule has 0 spiro atoms. The third kappa shape index (κ3) is 9.67. The van der Waals surface area contributed by atoms with Gasteiger partial charge in [-0.15, -0.1) is 0 Å². The minimum atomic E-state index is -4.43. The maximum atomic E-state index is 11.3. The molecule has 0 fully saturated rings. The average Bonchev–Trinajstić information content (AvgIpc) is 2.10. The lowest BCUT2D eigenvalue weighted by atomic mass is 10.3. The van der Waals surface area contributed by atoms with Crippen LogP contribution in [0.15, 0.2) is 0 Å². The lowest BCUT2D eigenvalue weighted by Crippen LogP contribution is -2.41. The molecule has 0 amide bonds. The first kappa shape index (κ1) is 17.0. The number of rotatable bonds is 8. The van der Waals surface area contributed by atoms with Gasteiger partial charge in [0.05, 0.1) is 34.4 Å². The van der Waals surface area contributed by atoms with Gasteiger partial charge in [0.15, 0.2) is 0 Å². The Morgan fingerprint density at radius 1 is 1.41 bits per heavy atom. The van der Waals surface area contributed by atoms with Crippen molar-refractivity contribution < 1.29 is 33.2 Å². The molecule has 17 heavy (non-hydrogen) atoms. The fourth-order valence-corrected chi connectivity index (χ4v) is 2.21. The van der Waals surface area contributed by atoms with Crippen LogP contribution in [0.5, 0.6) is 0 Å². The molecule has 0 saturated heterocycles. The predicted molar refractivity (Wildman–Crippen MR) is 60.1 cm³/mol. The number of aliphatic hydroxyl groups is 2. The van der Waals surface area contributed by atoms with Crippen molar-refractivity contribution in [3.63, 3.8) is 0 Å². The van der Waals surface area contributed by atoms with Gasteiger partial charge in [0, 0.05) is 0 Å². The molecule has 0 aromatic heterocycles. The number of nitrogens with zero attached hydrogens (tertiary/aromatic N) is 1. The summed E-state index contributed by atoms with van der Waals surface area (Å²) in [5.41, 5.74) is 0. The van der Waals surface area contributed by atoms with Gasteiger partial charge in [-0.25, -0.2) is 0 Å². The molecule has 0 aromatic rings. The highest BCUT2D eigenvalue weighted by Crippen LogP contribution is 2.39. The summed E-state index contributed by atoms with van der Waals surface area (Å²) in [4.78, 5) is 11.3. The molecule has 0 heterocycles. The molecular weight excluding hydrogens is 249 g/mol. The Bertz CT molecular complexity index is 267. The van der Waals surface area contributed by atoms with Crippen molar-refractivity contribution in [2.45, 2.75) is 19.1 Å². The highest BCUT2D eigenvalue weighted by atomic mass is 31.2. The van der Waals surface area contributed by atoms with Crippen LogP contribution >= 0.6 is 7.82 Å². The summed E-state index contributed by atoms with van der Waals surface area (Å²) in [6.45, 7) is 1.06. The maximum Gasteiger partial charge on any atom is 0.268 e. The summed E-state index contributed by atoms with van der Waals surface area (Å²) in [5, 5.41) is 17.4. The lowest BCUT2D eigenvalue weighted by molar-refractivity contribution is -0.873. The van der Waals surface area contributed by atoms with E-state index in [4.69, 9.17) is 14.7 Å². The van der Waals surface area contributed by atoms with Gasteiger partial charge in [0.1, 0.15) is 18.8 Å². The van der Waals surface area contributed by atoms with E-state index in [9.17, 15) is 9.46 Å². The Hall–Kier alpha value is -0.0100. The Labute approximate surface area is 102 Å². The van der Waals surface area contributed by atoms with E-state index in [-0.39, 0.29) is 0 Å². The summed E-state index contributed by atoms with van der Waals surface area (Å²) < 4.78 is 21.1. The van der Waals surface area contributed by atoms with Crippen LogP contribution in [0.2, 0.25) is 0 Å². The number of likely N-dealkylation sites (N-methyl/N-ethyl adjacent to an activating group) is 1. The van der Waals surface area contributed by atoms with Crippen molar-refractivity contribution in [3.8, 4) is 0 Å². The van der Waals surface area contributed by atoms with Crippen LogP contribution < -0.4 is 4.89 Å². The van der Waals surface area contributed by atoms with Crippen LogP contribution in [0.25, 0.3) is 0 Å². The molecule has 0 aliphatic rings. The van der Waals surface area contributed by atoms with Gasteiger partial charge in [-0.2, -0.15) is 0 Å². The number of phosphoric ester groups is 1. The van der Waals surface area contributed by atoms with Crippen molar-refractivity contribution in [3.05, 3.63) is 0 Å². The molecule has 0 bridgehead atoms. The summed E-state index contributed by atoms with van der Waals surface area (Å²) in [6, 6.07) is 0. The molecule has 0 radical (unpaired) electrons. The van der Waals surface area contributed by atoms with Crippen LogP contribution in [-0.4, -0.2) is 67.8 Å². The SMILES string of the molecule is CC(C[N+](C)(C)C)OP(=O)([O-])OCC(O)CO. The first-order valence-corrected chi connectivity index (χ1v) is 6.75. The van der Waals surface area contributed by atoms with Crippen LogP contribution in [0, 0.1) is 0 Å². The molecule has 104 valence electrons. The minimum Gasteiger partial charge on any atom is -0.756 e. The quantitative estimate of drug-likeness (QED) is 0.431. The van der Waals surface area contributed by atoms with Gasteiger partial charge in [-0.1, -0.05) is 0 Å². The van der Waals surface area contributed by atoms with Gasteiger partial charge in [-0.05, 0) is 6.92 Å². The summed E-state index contributed by atoms with van der Waals surface area (Å²) in [6.07, 6.45) is -1.75. The topological polar surface area (TPSA) is 99.1 Å². The molecular formula is C9H22NO6P. The smallest absolute Gasteiger partial charge is 0.268 e. The first-order chi connectivity index (χ1) is 7.56. The number of quaternary nitrogens is 1. The van der Waals surface area contributed by atoms with E-state index in [0.29, 0.717) is 11.0 Å². The van der Waals surface area contributed by atoms with Crippen molar-refractivity contribution in [1.82, 2.24) is 0 Å². The molecule has 8 heteroatoms. The molecule has 3 unspecified atom stereocenters. The molecule has 0 aliphatic carbocycles. The molecule has 7 nitrogen and oxygen atoms in total. The van der Waals surface area contributed by atoms with E-state index >= 15 is 0 Å². The van der Waals surface area contributed by atoms with Gasteiger partial charge >= 0.3 is 0 Å². The first-order valence-electron chi connectivity index (χ1n) is 5.29. The normalized spacial score (nSPS) is 19.7. The molecule has 0 rings (SSSR count). The standard InChI is InChI=1S/C9H22NO6P/c1-8(5-10(2,3)4)16-17(13,14)15-7-9(12)6-11/h8-9,11-12H,5-7H2,1-4H3. The zero-order valence-electron chi connectivity index (χ0n) is 10.7. The molecule has 0 aliphatic heterocycles. The van der Waals surface area contributed by atoms with E-state index in [1.54, 1.807) is 6.92 Å².